The van der Waals surface area contributed by atoms with Crippen molar-refractivity contribution in [3.05, 3.63) is 35.4 Å². The van der Waals surface area contributed by atoms with Gasteiger partial charge in [0.2, 0.25) is 0 Å². The Bertz CT molecular complexity index is 299. The van der Waals surface area contributed by atoms with Crippen LogP contribution in [0.25, 0.3) is 0 Å². The molecule has 0 bridgehead atoms. The third-order valence-electron chi connectivity index (χ3n) is 3.26. The number of rotatable bonds is 2. The number of hydrogen-bond donors (Lipinski definition) is 0. The predicted octanol–water partition coefficient (Wildman–Crippen LogP) is 3.45. The molecule has 1 nitrogen and oxygen atoms in total. The molecule has 1 fully saturated rings. The monoisotopic (exact) mass is 221 g/mol. The van der Waals surface area contributed by atoms with E-state index in [4.69, 9.17) is 0 Å². The highest BCUT2D eigenvalue weighted by atomic mass is 32.2. The highest BCUT2D eigenvalue weighted by Crippen LogP contribution is 2.29. The Labute approximate surface area is 97.0 Å². The molecule has 1 aromatic carbocycles. The molecule has 1 aliphatic heterocycles. The fraction of sp³-hybridized carbons (Fsp3) is 0.538. The molecule has 0 saturated carbocycles. The second-order valence-corrected chi connectivity index (χ2v) is 5.18. The fourth-order valence-electron chi connectivity index (χ4n) is 2.21. The van der Waals surface area contributed by atoms with Gasteiger partial charge in [0, 0.05) is 13.1 Å². The summed E-state index contributed by atoms with van der Waals surface area (Å²) >= 11 is 1.88. The topological polar surface area (TPSA) is 3.24 Å². The van der Waals surface area contributed by atoms with Gasteiger partial charge in [-0.05, 0) is 37.5 Å². The number of hydrogen-bond acceptors (Lipinski definition) is 2. The summed E-state index contributed by atoms with van der Waals surface area (Å²) in [5.41, 5.74) is 2.89. The van der Waals surface area contributed by atoms with Crippen LogP contribution < -0.4 is 0 Å². The van der Waals surface area contributed by atoms with Crippen LogP contribution in [0.2, 0.25) is 0 Å². The number of nitrogens with zero attached hydrogens (tertiary/aromatic N) is 1. The molecule has 0 N–H and O–H groups in total. The first-order valence-corrected chi connectivity index (χ1v) is 6.83. The Morgan fingerprint density at radius 1 is 1.13 bits per heavy atom. The zero-order chi connectivity index (χ0) is 10.7. The lowest BCUT2D eigenvalue weighted by Gasteiger charge is -2.30. The molecule has 82 valence electrons. The molecule has 1 heterocycles. The van der Waals surface area contributed by atoms with Crippen molar-refractivity contribution in [2.24, 2.45) is 0 Å². The van der Waals surface area contributed by atoms with Crippen molar-refractivity contribution in [1.29, 1.82) is 0 Å². The van der Waals surface area contributed by atoms with E-state index in [2.05, 4.69) is 41.8 Å². The Balaban J connectivity index is 1.98. The van der Waals surface area contributed by atoms with Crippen LogP contribution in [0.5, 0.6) is 0 Å². The number of piperidine rings is 1. The van der Waals surface area contributed by atoms with Gasteiger partial charge in [-0.1, -0.05) is 41.8 Å². The van der Waals surface area contributed by atoms with Crippen LogP contribution in [0.1, 0.15) is 29.9 Å². The largest absolute Gasteiger partial charge is 0.251 e. The van der Waals surface area contributed by atoms with E-state index in [-0.39, 0.29) is 0 Å². The average molecular weight is 221 g/mol. The lowest BCUT2D eigenvalue weighted by molar-refractivity contribution is 0.347. The maximum atomic E-state index is 2.46. The van der Waals surface area contributed by atoms with Crippen molar-refractivity contribution in [2.45, 2.75) is 25.7 Å². The fourth-order valence-corrected chi connectivity index (χ4v) is 2.79. The van der Waals surface area contributed by atoms with E-state index in [0.29, 0.717) is 0 Å². The van der Waals surface area contributed by atoms with E-state index >= 15 is 0 Å². The Morgan fingerprint density at radius 2 is 1.73 bits per heavy atom. The lowest BCUT2D eigenvalue weighted by atomic mass is 9.90. The summed E-state index contributed by atoms with van der Waals surface area (Å²) in [4.78, 5) is 0. The Hall–Kier alpha value is -0.470. The van der Waals surface area contributed by atoms with Crippen molar-refractivity contribution in [2.75, 3.05) is 19.3 Å². The molecule has 1 aromatic rings. The van der Waals surface area contributed by atoms with Crippen molar-refractivity contribution < 1.29 is 0 Å². The molecule has 0 atom stereocenters. The van der Waals surface area contributed by atoms with E-state index in [9.17, 15) is 0 Å². The predicted molar refractivity (Wildman–Crippen MR) is 68.2 cm³/mol. The van der Waals surface area contributed by atoms with E-state index in [1.165, 1.54) is 37.1 Å². The van der Waals surface area contributed by atoms with E-state index in [1.807, 2.05) is 11.9 Å². The van der Waals surface area contributed by atoms with Gasteiger partial charge in [-0.3, -0.25) is 4.31 Å². The second kappa shape index (κ2) is 5.04. The quantitative estimate of drug-likeness (QED) is 0.704. The molecule has 0 unspecified atom stereocenters. The summed E-state index contributed by atoms with van der Waals surface area (Å²) < 4.78 is 2.46. The minimum Gasteiger partial charge on any atom is -0.251 e. The summed E-state index contributed by atoms with van der Waals surface area (Å²) in [6, 6.07) is 9.07. The van der Waals surface area contributed by atoms with E-state index in [0.717, 1.165) is 5.92 Å². The third kappa shape index (κ3) is 2.76. The minimum absolute atomic E-state index is 0.786. The van der Waals surface area contributed by atoms with Gasteiger partial charge < -0.3 is 0 Å². The average Bonchev–Trinajstić information content (AvgIpc) is 2.30. The van der Waals surface area contributed by atoms with Gasteiger partial charge >= 0.3 is 0 Å². The first-order chi connectivity index (χ1) is 7.29. The minimum atomic E-state index is 0.786. The summed E-state index contributed by atoms with van der Waals surface area (Å²) in [5, 5.41) is 0. The first kappa shape index (κ1) is 11.0. The highest BCUT2D eigenvalue weighted by Gasteiger charge is 2.19. The van der Waals surface area contributed by atoms with Crippen LogP contribution >= 0.6 is 11.9 Å². The van der Waals surface area contributed by atoms with Gasteiger partial charge in [-0.2, -0.15) is 0 Å². The van der Waals surface area contributed by atoms with Crippen molar-refractivity contribution in [3.63, 3.8) is 0 Å². The maximum absolute atomic E-state index is 2.46. The van der Waals surface area contributed by atoms with Gasteiger partial charge in [0.1, 0.15) is 0 Å². The third-order valence-corrected chi connectivity index (χ3v) is 4.14. The molecule has 0 spiro atoms. The van der Waals surface area contributed by atoms with Gasteiger partial charge in [-0.25, -0.2) is 0 Å². The van der Waals surface area contributed by atoms with Crippen molar-refractivity contribution in [1.82, 2.24) is 4.31 Å². The molecule has 2 rings (SSSR count). The maximum Gasteiger partial charge on any atom is 0.00950 e. The SMILES string of the molecule is CSN1CCC(c2ccc(C)cc2)CC1. The molecule has 1 aliphatic rings. The van der Waals surface area contributed by atoms with Gasteiger partial charge in [0.25, 0.3) is 0 Å². The first-order valence-electron chi connectivity index (χ1n) is 5.65. The Kier molecular flexibility index (Phi) is 3.71. The molecule has 0 aliphatic carbocycles. The molecule has 15 heavy (non-hydrogen) atoms. The summed E-state index contributed by atoms with van der Waals surface area (Å²) in [7, 11) is 0. The summed E-state index contributed by atoms with van der Waals surface area (Å²) in [5.74, 6) is 0.786. The smallest absolute Gasteiger partial charge is 0.00950 e. The molecular formula is C13H19NS. The van der Waals surface area contributed by atoms with Gasteiger partial charge in [0.15, 0.2) is 0 Å². The van der Waals surface area contributed by atoms with Crippen LogP contribution in [0, 0.1) is 6.92 Å². The van der Waals surface area contributed by atoms with E-state index < -0.39 is 0 Å². The van der Waals surface area contributed by atoms with E-state index in [1.54, 1.807) is 0 Å². The number of aryl methyl sites for hydroxylation is 1. The van der Waals surface area contributed by atoms with Crippen LogP contribution in [0.15, 0.2) is 24.3 Å². The normalized spacial score (nSPS) is 19.3. The lowest BCUT2D eigenvalue weighted by Crippen LogP contribution is -2.27. The van der Waals surface area contributed by atoms with Crippen LogP contribution in [-0.4, -0.2) is 23.7 Å². The molecule has 0 radical (unpaired) electrons. The second-order valence-electron chi connectivity index (χ2n) is 4.30. The number of benzene rings is 1. The zero-order valence-corrected chi connectivity index (χ0v) is 10.4. The van der Waals surface area contributed by atoms with Crippen molar-refractivity contribution in [3.8, 4) is 0 Å². The Morgan fingerprint density at radius 3 is 2.27 bits per heavy atom. The molecule has 0 aromatic heterocycles. The van der Waals surface area contributed by atoms with Crippen molar-refractivity contribution >= 4 is 11.9 Å². The van der Waals surface area contributed by atoms with Crippen LogP contribution in [0.3, 0.4) is 0 Å². The standard InChI is InChI=1S/C13H19NS/c1-11-3-5-12(6-4-11)13-7-9-14(15-2)10-8-13/h3-6,13H,7-10H2,1-2H3. The van der Waals surface area contributed by atoms with Gasteiger partial charge in [-0.15, -0.1) is 0 Å². The molecule has 2 heteroatoms. The molecule has 1 saturated heterocycles. The highest BCUT2D eigenvalue weighted by molar-refractivity contribution is 7.96. The molecular weight excluding hydrogens is 202 g/mol. The van der Waals surface area contributed by atoms with Crippen LogP contribution in [-0.2, 0) is 0 Å². The van der Waals surface area contributed by atoms with Gasteiger partial charge in [0.05, 0.1) is 0 Å². The molecule has 0 amide bonds. The van der Waals surface area contributed by atoms with Crippen LogP contribution in [0.4, 0.5) is 0 Å². The zero-order valence-electron chi connectivity index (χ0n) is 9.57. The summed E-state index contributed by atoms with van der Waals surface area (Å²) in [6.45, 7) is 4.62. The summed E-state index contributed by atoms with van der Waals surface area (Å²) in [6.07, 6.45) is 4.79.